The van der Waals surface area contributed by atoms with Gasteiger partial charge in [-0.15, -0.1) is 0 Å². The first-order valence-corrected chi connectivity index (χ1v) is 6.75. The van der Waals surface area contributed by atoms with Crippen molar-refractivity contribution in [3.8, 4) is 11.5 Å². The van der Waals surface area contributed by atoms with Crippen LogP contribution in [0.5, 0.6) is 11.5 Å². The summed E-state index contributed by atoms with van der Waals surface area (Å²) < 4.78 is 96.0. The van der Waals surface area contributed by atoms with Crippen molar-refractivity contribution >= 4 is 5.91 Å². The van der Waals surface area contributed by atoms with E-state index >= 15 is 0 Å². The number of hydrogen-bond acceptors (Lipinski definition) is 3. The first-order valence-electron chi connectivity index (χ1n) is 6.75. The van der Waals surface area contributed by atoms with Gasteiger partial charge in [-0.1, -0.05) is 0 Å². The Morgan fingerprint density at radius 1 is 0.885 bits per heavy atom. The van der Waals surface area contributed by atoms with Gasteiger partial charge >= 0.3 is 6.05 Å². The van der Waals surface area contributed by atoms with Crippen LogP contribution in [0.4, 0.5) is 30.7 Å². The van der Waals surface area contributed by atoms with Gasteiger partial charge in [0, 0.05) is 11.1 Å². The molecule has 2 N–H and O–H groups in total. The molecule has 0 aliphatic carbocycles. The number of carbonyl (C=O) groups excluding carboxylic acids is 1. The molecule has 1 heterocycles. The SMILES string of the molecule is O=C1c2ccc(O)c(O)c2CN1C(F)(F)c1c(F)c(F)c(F)c(F)c1F. The number of phenols is 2. The quantitative estimate of drug-likeness (QED) is 0.275. The Bertz CT molecular complexity index is 932. The molecular formula is C15H6F7NO3. The van der Waals surface area contributed by atoms with E-state index in [4.69, 9.17) is 0 Å². The maximum absolute atomic E-state index is 14.5. The normalized spacial score (nSPS) is 14.1. The lowest BCUT2D eigenvalue weighted by Gasteiger charge is -2.28. The second-order valence-corrected chi connectivity index (χ2v) is 5.34. The van der Waals surface area contributed by atoms with E-state index in [9.17, 15) is 45.7 Å². The van der Waals surface area contributed by atoms with Crippen molar-refractivity contribution in [1.29, 1.82) is 0 Å². The highest BCUT2D eigenvalue weighted by Crippen LogP contribution is 2.45. The minimum absolute atomic E-state index is 0.477. The highest BCUT2D eigenvalue weighted by Gasteiger charge is 2.52. The number of hydrogen-bond donors (Lipinski definition) is 2. The van der Waals surface area contributed by atoms with Crippen LogP contribution in [0, 0.1) is 29.1 Å². The minimum Gasteiger partial charge on any atom is -0.504 e. The summed E-state index contributed by atoms with van der Waals surface area (Å²) in [5.74, 6) is -16.6. The highest BCUT2D eigenvalue weighted by atomic mass is 19.3. The molecule has 0 spiro atoms. The number of phenolic OH excluding ortho intramolecular Hbond substituents is 2. The van der Waals surface area contributed by atoms with Crippen LogP contribution in [-0.4, -0.2) is 21.0 Å². The zero-order valence-corrected chi connectivity index (χ0v) is 12.3. The van der Waals surface area contributed by atoms with E-state index in [0.717, 1.165) is 12.1 Å². The first kappa shape index (κ1) is 17.8. The van der Waals surface area contributed by atoms with Crippen molar-refractivity contribution in [2.24, 2.45) is 0 Å². The highest BCUT2D eigenvalue weighted by molar-refractivity contribution is 5.99. The standard InChI is InChI=1S/C15H6F7NO3/c16-8-7(9(17)11(19)12(20)10(8)18)15(21,22)23-3-5-4(14(23)26)1-2-6(24)13(5)25/h1-2,24-25H,3H2. The molecule has 138 valence electrons. The van der Waals surface area contributed by atoms with Gasteiger partial charge in [-0.05, 0) is 12.1 Å². The van der Waals surface area contributed by atoms with Gasteiger partial charge in [-0.2, -0.15) is 8.78 Å². The van der Waals surface area contributed by atoms with E-state index < -0.39 is 80.7 Å². The second kappa shape index (κ2) is 5.51. The van der Waals surface area contributed by atoms with E-state index in [1.165, 1.54) is 0 Å². The Labute approximate surface area is 139 Å². The van der Waals surface area contributed by atoms with Gasteiger partial charge in [0.1, 0.15) is 5.56 Å². The predicted molar refractivity (Wildman–Crippen MR) is 69.8 cm³/mol. The number of fused-ring (bicyclic) bond motifs is 1. The van der Waals surface area contributed by atoms with Crippen molar-refractivity contribution in [3.63, 3.8) is 0 Å². The van der Waals surface area contributed by atoms with Gasteiger partial charge in [0.15, 0.2) is 34.8 Å². The van der Waals surface area contributed by atoms with Gasteiger partial charge in [-0.25, -0.2) is 22.0 Å². The molecule has 0 bridgehead atoms. The number of rotatable bonds is 2. The summed E-state index contributed by atoms with van der Waals surface area (Å²) in [5.41, 5.74) is -3.51. The van der Waals surface area contributed by atoms with Crippen LogP contribution in [0.3, 0.4) is 0 Å². The molecular weight excluding hydrogens is 375 g/mol. The topological polar surface area (TPSA) is 60.8 Å². The fourth-order valence-electron chi connectivity index (χ4n) is 2.59. The van der Waals surface area contributed by atoms with E-state index in [1.54, 1.807) is 0 Å². The van der Waals surface area contributed by atoms with Crippen molar-refractivity contribution in [2.45, 2.75) is 12.6 Å². The number of halogens is 7. The second-order valence-electron chi connectivity index (χ2n) is 5.34. The van der Waals surface area contributed by atoms with Gasteiger partial charge < -0.3 is 10.2 Å². The average Bonchev–Trinajstić information content (AvgIpc) is 2.93. The van der Waals surface area contributed by atoms with Crippen molar-refractivity contribution < 1.29 is 45.7 Å². The molecule has 0 saturated carbocycles. The van der Waals surface area contributed by atoms with Crippen LogP contribution in [-0.2, 0) is 12.6 Å². The first-order chi connectivity index (χ1) is 12.0. The third-order valence-corrected chi connectivity index (χ3v) is 3.90. The minimum atomic E-state index is -4.94. The molecule has 0 atom stereocenters. The third-order valence-electron chi connectivity index (χ3n) is 3.90. The molecule has 0 unspecified atom stereocenters. The number of benzene rings is 2. The average molecular weight is 381 g/mol. The molecule has 1 amide bonds. The molecule has 1 aliphatic rings. The molecule has 1 aliphatic heterocycles. The molecule has 0 radical (unpaired) electrons. The van der Waals surface area contributed by atoms with Crippen LogP contribution < -0.4 is 0 Å². The zero-order valence-electron chi connectivity index (χ0n) is 12.3. The van der Waals surface area contributed by atoms with Crippen LogP contribution >= 0.6 is 0 Å². The maximum atomic E-state index is 14.5. The van der Waals surface area contributed by atoms with E-state index in [2.05, 4.69) is 0 Å². The lowest BCUT2D eigenvalue weighted by molar-refractivity contribution is -0.137. The summed E-state index contributed by atoms with van der Waals surface area (Å²) >= 11 is 0. The Morgan fingerprint density at radius 3 is 1.92 bits per heavy atom. The Balaban J connectivity index is 2.17. The number of alkyl halides is 2. The smallest absolute Gasteiger partial charge is 0.361 e. The lowest BCUT2D eigenvalue weighted by atomic mass is 10.1. The molecule has 0 fully saturated rings. The zero-order chi connectivity index (χ0) is 19.5. The maximum Gasteiger partial charge on any atom is 0.361 e. The van der Waals surface area contributed by atoms with Crippen molar-refractivity contribution in [2.75, 3.05) is 0 Å². The Morgan fingerprint density at radius 2 is 1.38 bits per heavy atom. The molecule has 0 aromatic heterocycles. The summed E-state index contributed by atoms with van der Waals surface area (Å²) in [4.78, 5) is 11.6. The van der Waals surface area contributed by atoms with E-state index in [0.29, 0.717) is 0 Å². The van der Waals surface area contributed by atoms with Gasteiger partial charge in [0.05, 0.1) is 6.54 Å². The monoisotopic (exact) mass is 381 g/mol. The molecule has 0 saturated heterocycles. The summed E-state index contributed by atoms with van der Waals surface area (Å²) in [7, 11) is 0. The van der Waals surface area contributed by atoms with Crippen molar-refractivity contribution in [3.05, 3.63) is 57.9 Å². The molecule has 3 rings (SSSR count). The van der Waals surface area contributed by atoms with Gasteiger partial charge in [-0.3, -0.25) is 9.69 Å². The molecule has 4 nitrogen and oxygen atoms in total. The number of amides is 1. The predicted octanol–water partition coefficient (Wildman–Crippen LogP) is 3.50. The fourth-order valence-corrected chi connectivity index (χ4v) is 2.59. The number of aromatic hydroxyl groups is 2. The fraction of sp³-hybridized carbons (Fsp3) is 0.133. The number of carbonyl (C=O) groups is 1. The third kappa shape index (κ3) is 2.19. The molecule has 2 aromatic rings. The molecule has 2 aromatic carbocycles. The van der Waals surface area contributed by atoms with Gasteiger partial charge in [0.25, 0.3) is 5.91 Å². The summed E-state index contributed by atoms with van der Waals surface area (Å²) in [5, 5.41) is 19.0. The molecule has 11 heteroatoms. The molecule has 26 heavy (non-hydrogen) atoms. The van der Waals surface area contributed by atoms with E-state index in [1.807, 2.05) is 0 Å². The van der Waals surface area contributed by atoms with Crippen molar-refractivity contribution in [1.82, 2.24) is 4.90 Å². The van der Waals surface area contributed by atoms with Crippen LogP contribution in [0.15, 0.2) is 12.1 Å². The van der Waals surface area contributed by atoms with Crippen LogP contribution in [0.1, 0.15) is 21.5 Å². The number of nitrogens with zero attached hydrogens (tertiary/aromatic N) is 1. The summed E-state index contributed by atoms with van der Waals surface area (Å²) in [6, 6.07) is -3.27. The van der Waals surface area contributed by atoms with Gasteiger partial charge in [0.2, 0.25) is 5.82 Å². The summed E-state index contributed by atoms with van der Waals surface area (Å²) in [6.07, 6.45) is 0. The largest absolute Gasteiger partial charge is 0.504 e. The summed E-state index contributed by atoms with van der Waals surface area (Å²) in [6.45, 7) is -1.14. The Hall–Kier alpha value is -2.98. The lowest BCUT2D eigenvalue weighted by Crippen LogP contribution is -2.41. The van der Waals surface area contributed by atoms with E-state index in [-0.39, 0.29) is 0 Å². The van der Waals surface area contributed by atoms with Crippen LogP contribution in [0.2, 0.25) is 0 Å². The Kier molecular flexibility index (Phi) is 3.78. The van der Waals surface area contributed by atoms with Crippen LogP contribution in [0.25, 0.3) is 0 Å².